The van der Waals surface area contributed by atoms with Gasteiger partial charge < -0.3 is 9.64 Å². The lowest BCUT2D eigenvalue weighted by Gasteiger charge is -2.45. The largest absolute Gasteiger partial charge is 0.379 e. The standard InChI is InChI=1S/C19H32N4O/c1-16-13-18(14-17(2)20-16)22-7-5-21(6-8-22)15-19(3,4)23-9-11-24-12-10-23/h13-14H,5-12,15H2,1-4H3. The minimum Gasteiger partial charge on any atom is -0.379 e. The molecule has 0 bridgehead atoms. The van der Waals surface area contributed by atoms with Gasteiger partial charge in [-0.1, -0.05) is 0 Å². The molecule has 0 aromatic carbocycles. The van der Waals surface area contributed by atoms with Gasteiger partial charge in [0.2, 0.25) is 0 Å². The van der Waals surface area contributed by atoms with Crippen molar-refractivity contribution in [3.8, 4) is 0 Å². The highest BCUT2D eigenvalue weighted by molar-refractivity contribution is 5.48. The number of anilines is 1. The summed E-state index contributed by atoms with van der Waals surface area (Å²) in [6.45, 7) is 18.4. The van der Waals surface area contributed by atoms with E-state index in [-0.39, 0.29) is 5.54 Å². The molecular weight excluding hydrogens is 300 g/mol. The van der Waals surface area contributed by atoms with Crippen molar-refractivity contribution >= 4 is 5.69 Å². The Morgan fingerprint density at radius 1 is 0.958 bits per heavy atom. The maximum atomic E-state index is 5.50. The third-order valence-electron chi connectivity index (χ3n) is 5.28. The number of aryl methyl sites for hydroxylation is 2. The van der Waals surface area contributed by atoms with Crippen molar-refractivity contribution in [2.45, 2.75) is 33.2 Å². The van der Waals surface area contributed by atoms with Gasteiger partial charge in [0, 0.05) is 68.4 Å². The van der Waals surface area contributed by atoms with E-state index in [4.69, 9.17) is 4.74 Å². The molecule has 2 fully saturated rings. The molecule has 1 aromatic heterocycles. The second kappa shape index (κ2) is 7.38. The van der Waals surface area contributed by atoms with Crippen LogP contribution >= 0.6 is 0 Å². The van der Waals surface area contributed by atoms with Gasteiger partial charge in [-0.05, 0) is 39.8 Å². The van der Waals surface area contributed by atoms with Crippen LogP contribution in [0.25, 0.3) is 0 Å². The number of piperazine rings is 1. The summed E-state index contributed by atoms with van der Waals surface area (Å²) in [4.78, 5) is 12.2. The second-order valence-electron chi connectivity index (χ2n) is 7.78. The molecule has 0 aliphatic carbocycles. The van der Waals surface area contributed by atoms with Crippen LogP contribution in [0.1, 0.15) is 25.2 Å². The normalized spacial score (nSPS) is 21.2. The molecule has 0 N–H and O–H groups in total. The number of ether oxygens (including phenoxy) is 1. The van der Waals surface area contributed by atoms with Crippen LogP contribution in [0, 0.1) is 13.8 Å². The van der Waals surface area contributed by atoms with Crippen molar-refractivity contribution in [3.05, 3.63) is 23.5 Å². The minimum absolute atomic E-state index is 0.218. The SMILES string of the molecule is Cc1cc(N2CCN(CC(C)(C)N3CCOCC3)CC2)cc(C)n1. The lowest BCUT2D eigenvalue weighted by atomic mass is 10.0. The fourth-order valence-electron chi connectivity index (χ4n) is 3.98. The van der Waals surface area contributed by atoms with Crippen molar-refractivity contribution in [2.24, 2.45) is 0 Å². The fraction of sp³-hybridized carbons (Fsp3) is 0.737. The Balaban J connectivity index is 1.54. The Labute approximate surface area is 146 Å². The molecule has 0 saturated carbocycles. The van der Waals surface area contributed by atoms with Crippen molar-refractivity contribution in [1.29, 1.82) is 0 Å². The maximum absolute atomic E-state index is 5.50. The number of hydrogen-bond donors (Lipinski definition) is 0. The predicted octanol–water partition coefficient (Wildman–Crippen LogP) is 1.93. The van der Waals surface area contributed by atoms with E-state index in [1.54, 1.807) is 0 Å². The molecule has 24 heavy (non-hydrogen) atoms. The smallest absolute Gasteiger partial charge is 0.0594 e. The highest BCUT2D eigenvalue weighted by Gasteiger charge is 2.31. The van der Waals surface area contributed by atoms with Gasteiger partial charge in [-0.25, -0.2) is 0 Å². The monoisotopic (exact) mass is 332 g/mol. The van der Waals surface area contributed by atoms with E-state index in [2.05, 4.69) is 59.5 Å². The number of aromatic nitrogens is 1. The Morgan fingerprint density at radius 3 is 2.12 bits per heavy atom. The van der Waals surface area contributed by atoms with Crippen LogP contribution in [-0.4, -0.2) is 79.3 Å². The molecule has 1 aromatic rings. The van der Waals surface area contributed by atoms with Gasteiger partial charge in [-0.3, -0.25) is 14.8 Å². The summed E-state index contributed by atoms with van der Waals surface area (Å²) >= 11 is 0. The zero-order valence-electron chi connectivity index (χ0n) is 15.7. The molecule has 2 aliphatic rings. The van der Waals surface area contributed by atoms with E-state index in [1.807, 2.05) is 0 Å². The first-order chi connectivity index (χ1) is 11.4. The van der Waals surface area contributed by atoms with Crippen LogP contribution in [0.15, 0.2) is 12.1 Å². The average molecular weight is 332 g/mol. The number of hydrogen-bond acceptors (Lipinski definition) is 5. The summed E-state index contributed by atoms with van der Waals surface area (Å²) in [5.74, 6) is 0. The first-order valence-electron chi connectivity index (χ1n) is 9.19. The van der Waals surface area contributed by atoms with Gasteiger partial charge in [0.25, 0.3) is 0 Å². The van der Waals surface area contributed by atoms with Gasteiger partial charge in [0.05, 0.1) is 13.2 Å². The summed E-state index contributed by atoms with van der Waals surface area (Å²) < 4.78 is 5.50. The number of rotatable bonds is 4. The molecule has 0 unspecified atom stereocenters. The maximum Gasteiger partial charge on any atom is 0.0594 e. The summed E-state index contributed by atoms with van der Waals surface area (Å²) in [7, 11) is 0. The summed E-state index contributed by atoms with van der Waals surface area (Å²) in [6.07, 6.45) is 0. The molecule has 0 amide bonds. The first-order valence-corrected chi connectivity index (χ1v) is 9.19. The highest BCUT2D eigenvalue weighted by Crippen LogP contribution is 2.21. The molecule has 3 rings (SSSR count). The Bertz CT molecular complexity index is 526. The second-order valence-corrected chi connectivity index (χ2v) is 7.78. The lowest BCUT2D eigenvalue weighted by molar-refractivity contribution is -0.0221. The number of pyridine rings is 1. The molecule has 0 radical (unpaired) electrons. The molecule has 3 heterocycles. The first kappa shape index (κ1) is 17.6. The topological polar surface area (TPSA) is 31.8 Å². The molecule has 5 nitrogen and oxygen atoms in total. The minimum atomic E-state index is 0.218. The van der Waals surface area contributed by atoms with Gasteiger partial charge in [0.1, 0.15) is 0 Å². The molecule has 0 spiro atoms. The Kier molecular flexibility index (Phi) is 5.42. The highest BCUT2D eigenvalue weighted by atomic mass is 16.5. The van der Waals surface area contributed by atoms with Crippen molar-refractivity contribution in [3.63, 3.8) is 0 Å². The van der Waals surface area contributed by atoms with Crippen molar-refractivity contribution in [2.75, 3.05) is 63.9 Å². The van der Waals surface area contributed by atoms with E-state index >= 15 is 0 Å². The number of morpholine rings is 1. The number of nitrogens with zero attached hydrogens (tertiary/aromatic N) is 4. The van der Waals surface area contributed by atoms with Gasteiger partial charge >= 0.3 is 0 Å². The van der Waals surface area contributed by atoms with E-state index in [0.29, 0.717) is 0 Å². The van der Waals surface area contributed by atoms with Crippen LogP contribution in [0.2, 0.25) is 0 Å². The van der Waals surface area contributed by atoms with Crippen LogP contribution in [0.4, 0.5) is 5.69 Å². The quantitative estimate of drug-likeness (QED) is 0.841. The zero-order chi connectivity index (χ0) is 17.2. The summed E-state index contributed by atoms with van der Waals surface area (Å²) in [5, 5.41) is 0. The zero-order valence-corrected chi connectivity index (χ0v) is 15.7. The predicted molar refractivity (Wildman–Crippen MR) is 98.8 cm³/mol. The summed E-state index contributed by atoms with van der Waals surface area (Å²) in [5.41, 5.74) is 3.77. The molecule has 5 heteroatoms. The molecular formula is C19H32N4O. The van der Waals surface area contributed by atoms with Crippen LogP contribution in [0.3, 0.4) is 0 Å². The van der Waals surface area contributed by atoms with E-state index in [9.17, 15) is 0 Å². The van der Waals surface area contributed by atoms with Gasteiger partial charge in [-0.15, -0.1) is 0 Å². The van der Waals surface area contributed by atoms with E-state index < -0.39 is 0 Å². The Hall–Kier alpha value is -1.17. The fourth-order valence-corrected chi connectivity index (χ4v) is 3.98. The lowest BCUT2D eigenvalue weighted by Crippen LogP contribution is -2.58. The van der Waals surface area contributed by atoms with E-state index in [1.165, 1.54) is 5.69 Å². The van der Waals surface area contributed by atoms with Crippen LogP contribution < -0.4 is 4.90 Å². The molecule has 2 saturated heterocycles. The summed E-state index contributed by atoms with van der Waals surface area (Å²) in [6, 6.07) is 4.42. The third-order valence-corrected chi connectivity index (χ3v) is 5.28. The van der Waals surface area contributed by atoms with Crippen LogP contribution in [0.5, 0.6) is 0 Å². The van der Waals surface area contributed by atoms with Crippen molar-refractivity contribution < 1.29 is 4.74 Å². The van der Waals surface area contributed by atoms with Gasteiger partial charge in [-0.2, -0.15) is 0 Å². The molecule has 134 valence electrons. The van der Waals surface area contributed by atoms with Crippen LogP contribution in [-0.2, 0) is 4.74 Å². The molecule has 2 aliphatic heterocycles. The average Bonchev–Trinajstić information content (AvgIpc) is 2.55. The van der Waals surface area contributed by atoms with Gasteiger partial charge in [0.15, 0.2) is 0 Å². The Morgan fingerprint density at radius 2 is 1.54 bits per heavy atom. The molecule has 0 atom stereocenters. The van der Waals surface area contributed by atoms with E-state index in [0.717, 1.165) is 70.4 Å². The third kappa shape index (κ3) is 4.26. The van der Waals surface area contributed by atoms with Crippen molar-refractivity contribution in [1.82, 2.24) is 14.8 Å².